The number of aliphatic hydroxyl groups is 1. The average molecular weight is 507 g/mol. The summed E-state index contributed by atoms with van der Waals surface area (Å²) in [6.45, 7) is 3.99. The maximum Gasteiger partial charge on any atom is 0.312 e. The maximum absolute atomic E-state index is 13.3. The first-order chi connectivity index (χ1) is 17.8. The van der Waals surface area contributed by atoms with E-state index in [9.17, 15) is 19.5 Å². The molecule has 2 atom stereocenters. The quantitative estimate of drug-likeness (QED) is 0.207. The number of hydrogen-bond acceptors (Lipinski definition) is 6. The molecule has 0 aliphatic carbocycles. The average Bonchev–Trinajstić information content (AvgIpc) is 2.88. The highest BCUT2D eigenvalue weighted by atomic mass is 16.3. The minimum atomic E-state index is -0.854. The number of amides is 4. The van der Waals surface area contributed by atoms with Gasteiger partial charge in [-0.3, -0.25) is 9.59 Å². The number of carbonyl (C=O) groups excluding carboxylic acids is 3. The van der Waals surface area contributed by atoms with Gasteiger partial charge in [0, 0.05) is 17.6 Å². The molecule has 37 heavy (non-hydrogen) atoms. The van der Waals surface area contributed by atoms with Crippen molar-refractivity contribution in [3.8, 4) is 0 Å². The summed E-state index contributed by atoms with van der Waals surface area (Å²) in [6, 6.07) is 16.1. The molecule has 1 heterocycles. The molecule has 0 saturated heterocycles. The molecule has 2 aromatic carbocycles. The Morgan fingerprint density at radius 1 is 0.973 bits per heavy atom. The Morgan fingerprint density at radius 3 is 2.38 bits per heavy atom. The molecule has 0 fully saturated rings. The molecule has 0 unspecified atom stereocenters. The van der Waals surface area contributed by atoms with Crippen molar-refractivity contribution in [2.75, 3.05) is 17.2 Å². The Morgan fingerprint density at radius 2 is 1.70 bits per heavy atom. The van der Waals surface area contributed by atoms with E-state index in [0.717, 1.165) is 10.9 Å². The summed E-state index contributed by atoms with van der Waals surface area (Å²) in [6.07, 6.45) is 0.711. The summed E-state index contributed by atoms with van der Waals surface area (Å²) >= 11 is 0. The van der Waals surface area contributed by atoms with E-state index in [-0.39, 0.29) is 31.4 Å². The van der Waals surface area contributed by atoms with Gasteiger partial charge in [0.1, 0.15) is 17.9 Å². The molecule has 10 heteroatoms. The van der Waals surface area contributed by atoms with Gasteiger partial charge in [-0.05, 0) is 54.7 Å². The number of nitrogens with zero attached hydrogens (tertiary/aromatic N) is 1. The molecule has 0 saturated carbocycles. The van der Waals surface area contributed by atoms with Crippen LogP contribution in [0.2, 0.25) is 0 Å². The van der Waals surface area contributed by atoms with Crippen LogP contribution in [0.25, 0.3) is 10.9 Å². The number of nitrogens with one attached hydrogen (secondary N) is 4. The first-order valence-electron chi connectivity index (χ1n) is 12.2. The second-order valence-corrected chi connectivity index (χ2v) is 9.09. The predicted octanol–water partition coefficient (Wildman–Crippen LogP) is 2.74. The lowest BCUT2D eigenvalue weighted by Gasteiger charge is -2.26. The normalized spacial score (nSPS) is 12.5. The zero-order valence-electron chi connectivity index (χ0n) is 21.0. The van der Waals surface area contributed by atoms with Gasteiger partial charge in [-0.1, -0.05) is 44.2 Å². The van der Waals surface area contributed by atoms with Crippen LogP contribution in [0.3, 0.4) is 0 Å². The van der Waals surface area contributed by atoms with Crippen LogP contribution in [0.4, 0.5) is 16.3 Å². The lowest BCUT2D eigenvalue weighted by Crippen LogP contribution is -2.51. The Labute approximate surface area is 216 Å². The SMILES string of the molecule is CC(C)[C@H](Nc1ccc2ccccc2n1)C(=O)N[C@@H](CCCNC(N)=O)C(=O)Nc1ccc(CO)cc1. The van der Waals surface area contributed by atoms with Crippen LogP contribution >= 0.6 is 0 Å². The molecule has 7 N–H and O–H groups in total. The van der Waals surface area contributed by atoms with Gasteiger partial charge < -0.3 is 32.1 Å². The summed E-state index contributed by atoms with van der Waals surface area (Å²) in [5, 5.41) is 21.6. The van der Waals surface area contributed by atoms with Gasteiger partial charge in [-0.15, -0.1) is 0 Å². The molecule has 0 radical (unpaired) electrons. The first-order valence-corrected chi connectivity index (χ1v) is 12.2. The van der Waals surface area contributed by atoms with E-state index in [1.165, 1.54) is 0 Å². The third-order valence-corrected chi connectivity index (χ3v) is 5.86. The third kappa shape index (κ3) is 8.18. The number of benzene rings is 2. The van der Waals surface area contributed by atoms with Gasteiger partial charge in [0.25, 0.3) is 0 Å². The summed E-state index contributed by atoms with van der Waals surface area (Å²) in [5.41, 5.74) is 7.19. The second kappa shape index (κ2) is 13.2. The van der Waals surface area contributed by atoms with Crippen LogP contribution < -0.4 is 27.0 Å². The van der Waals surface area contributed by atoms with E-state index < -0.39 is 24.0 Å². The number of rotatable bonds is 12. The Kier molecular flexibility index (Phi) is 9.79. The molecular formula is C27H34N6O4. The van der Waals surface area contributed by atoms with Crippen molar-refractivity contribution in [1.82, 2.24) is 15.6 Å². The predicted molar refractivity (Wildman–Crippen MR) is 144 cm³/mol. The fourth-order valence-corrected chi connectivity index (χ4v) is 3.81. The largest absolute Gasteiger partial charge is 0.392 e. The smallest absolute Gasteiger partial charge is 0.312 e. The van der Waals surface area contributed by atoms with Gasteiger partial charge in [-0.25, -0.2) is 9.78 Å². The standard InChI is InChI=1S/C27H34N6O4/c1-17(2)24(33-23-14-11-19-6-3-4-7-21(19)31-23)26(36)32-22(8-5-15-29-27(28)37)25(35)30-20-12-9-18(16-34)10-13-20/h3-4,6-7,9-14,17,22,24,34H,5,8,15-16H2,1-2H3,(H,30,35)(H,31,33)(H,32,36)(H3,28,29,37)/t22-,24-/m0/s1. The van der Waals surface area contributed by atoms with Gasteiger partial charge in [0.15, 0.2) is 0 Å². The lowest BCUT2D eigenvalue weighted by atomic mass is 10.0. The maximum atomic E-state index is 13.3. The number of urea groups is 1. The van der Waals surface area contributed by atoms with Crippen LogP contribution in [-0.2, 0) is 16.2 Å². The molecule has 0 aliphatic rings. The number of nitrogens with two attached hydrogens (primary N) is 1. The first kappa shape index (κ1) is 27.4. The van der Waals surface area contributed by atoms with Crippen molar-refractivity contribution < 1.29 is 19.5 Å². The van der Waals surface area contributed by atoms with Crippen molar-refractivity contribution in [1.29, 1.82) is 0 Å². The summed E-state index contributed by atoms with van der Waals surface area (Å²) in [5.74, 6) is -0.276. The number of aromatic nitrogens is 1. The monoisotopic (exact) mass is 506 g/mol. The van der Waals surface area contributed by atoms with E-state index in [1.807, 2.05) is 50.2 Å². The summed E-state index contributed by atoms with van der Waals surface area (Å²) < 4.78 is 0. The minimum absolute atomic E-state index is 0.0977. The fourth-order valence-electron chi connectivity index (χ4n) is 3.81. The van der Waals surface area contributed by atoms with Gasteiger partial charge >= 0.3 is 6.03 Å². The zero-order chi connectivity index (χ0) is 26.8. The lowest BCUT2D eigenvalue weighted by molar-refractivity contribution is -0.127. The van der Waals surface area contributed by atoms with Crippen molar-refractivity contribution in [3.63, 3.8) is 0 Å². The molecule has 0 bridgehead atoms. The van der Waals surface area contributed by atoms with E-state index in [1.54, 1.807) is 24.3 Å². The number of aliphatic hydroxyl groups excluding tert-OH is 1. The van der Waals surface area contributed by atoms with Crippen molar-refractivity contribution in [2.24, 2.45) is 11.7 Å². The van der Waals surface area contributed by atoms with Crippen LogP contribution in [-0.4, -0.2) is 46.6 Å². The van der Waals surface area contributed by atoms with Crippen molar-refractivity contribution in [3.05, 3.63) is 66.2 Å². The molecule has 1 aromatic heterocycles. The number of hydrogen-bond donors (Lipinski definition) is 6. The highest BCUT2D eigenvalue weighted by Gasteiger charge is 2.28. The van der Waals surface area contributed by atoms with Crippen LogP contribution in [0, 0.1) is 5.92 Å². The summed E-state index contributed by atoms with van der Waals surface area (Å²) in [7, 11) is 0. The topological polar surface area (TPSA) is 158 Å². The second-order valence-electron chi connectivity index (χ2n) is 9.09. The zero-order valence-corrected chi connectivity index (χ0v) is 21.0. The number of anilines is 2. The molecular weight excluding hydrogens is 472 g/mol. The Hall–Kier alpha value is -4.18. The van der Waals surface area contributed by atoms with Crippen LogP contribution in [0.15, 0.2) is 60.7 Å². The third-order valence-electron chi connectivity index (χ3n) is 5.86. The van der Waals surface area contributed by atoms with Crippen molar-refractivity contribution in [2.45, 2.75) is 45.4 Å². The van der Waals surface area contributed by atoms with E-state index >= 15 is 0 Å². The van der Waals surface area contributed by atoms with E-state index in [4.69, 9.17) is 5.73 Å². The molecule has 0 aliphatic heterocycles. The molecule has 0 spiro atoms. The van der Waals surface area contributed by atoms with Gasteiger partial charge in [0.2, 0.25) is 11.8 Å². The van der Waals surface area contributed by atoms with Gasteiger partial charge in [-0.2, -0.15) is 0 Å². The Bertz CT molecular complexity index is 1220. The molecule has 3 aromatic rings. The molecule has 3 rings (SSSR count). The number of fused-ring (bicyclic) bond motifs is 1. The Balaban J connectivity index is 1.72. The van der Waals surface area contributed by atoms with Crippen LogP contribution in [0.1, 0.15) is 32.3 Å². The molecule has 10 nitrogen and oxygen atoms in total. The van der Waals surface area contributed by atoms with Crippen molar-refractivity contribution >= 4 is 40.3 Å². The van der Waals surface area contributed by atoms with E-state index in [0.29, 0.717) is 23.5 Å². The molecule has 196 valence electrons. The number of carbonyl (C=O) groups is 3. The number of para-hydroxylation sites is 1. The highest BCUT2D eigenvalue weighted by molar-refractivity contribution is 5.98. The summed E-state index contributed by atoms with van der Waals surface area (Å²) in [4.78, 5) is 42.1. The van der Waals surface area contributed by atoms with Gasteiger partial charge in [0.05, 0.1) is 12.1 Å². The highest BCUT2D eigenvalue weighted by Crippen LogP contribution is 2.18. The fraction of sp³-hybridized carbons (Fsp3) is 0.333. The number of pyridine rings is 1. The minimum Gasteiger partial charge on any atom is -0.392 e. The van der Waals surface area contributed by atoms with E-state index in [2.05, 4.69) is 26.3 Å². The molecule has 4 amide bonds. The number of primary amides is 1. The van der Waals surface area contributed by atoms with Crippen LogP contribution in [0.5, 0.6) is 0 Å².